The van der Waals surface area contributed by atoms with E-state index in [9.17, 15) is 9.36 Å². The van der Waals surface area contributed by atoms with Crippen LogP contribution in [-0.4, -0.2) is 26.9 Å². The minimum absolute atomic E-state index is 0. The standard InChI is InChI=1S/C9H12NO6P.Pt/c10-8(9(11)12)5-6-1-3-7(4-2-6)16-17(13,14)15;/h1-4,8H,5,10H2,(H,11,12)(H2,13,14,15);/t8-;/m0./s1. The molecule has 0 bridgehead atoms. The van der Waals surface area contributed by atoms with Gasteiger partial charge in [-0.25, -0.2) is 4.57 Å². The maximum Gasteiger partial charge on any atom is 0.524 e. The van der Waals surface area contributed by atoms with Crippen molar-refractivity contribution in [2.24, 2.45) is 5.73 Å². The maximum atomic E-state index is 10.5. The Morgan fingerprint density at radius 2 is 1.83 bits per heavy atom. The van der Waals surface area contributed by atoms with Gasteiger partial charge in [0.15, 0.2) is 0 Å². The Bertz CT molecular complexity index is 445. The molecule has 0 heterocycles. The minimum Gasteiger partial charge on any atom is -0.480 e. The van der Waals surface area contributed by atoms with Crippen molar-refractivity contribution in [3.8, 4) is 5.75 Å². The van der Waals surface area contributed by atoms with Crippen LogP contribution in [0.25, 0.3) is 0 Å². The molecule has 1 rings (SSSR count). The number of carboxylic acids is 1. The molecule has 1 aromatic rings. The second kappa shape index (κ2) is 7.02. The molecule has 0 aliphatic heterocycles. The Kier molecular flexibility index (Phi) is 6.74. The number of phosphoric ester groups is 1. The third-order valence-corrected chi connectivity index (χ3v) is 2.37. The van der Waals surface area contributed by atoms with Gasteiger partial charge in [-0.15, -0.1) is 0 Å². The summed E-state index contributed by atoms with van der Waals surface area (Å²) < 4.78 is 14.9. The molecule has 0 aliphatic carbocycles. The number of nitrogens with two attached hydrogens (primary N) is 1. The molecule has 7 nitrogen and oxygen atoms in total. The van der Waals surface area contributed by atoms with E-state index in [1.807, 2.05) is 0 Å². The van der Waals surface area contributed by atoms with Crippen molar-refractivity contribution in [1.82, 2.24) is 0 Å². The van der Waals surface area contributed by atoms with E-state index in [1.165, 1.54) is 24.3 Å². The van der Waals surface area contributed by atoms with Gasteiger partial charge in [-0.1, -0.05) is 12.1 Å². The first kappa shape index (κ1) is 17.3. The topological polar surface area (TPSA) is 130 Å². The molecule has 9 heteroatoms. The molecule has 0 aliphatic rings. The smallest absolute Gasteiger partial charge is 0.480 e. The number of carbonyl (C=O) groups is 1. The van der Waals surface area contributed by atoms with Gasteiger partial charge in [0.1, 0.15) is 11.8 Å². The molecule has 0 radical (unpaired) electrons. The summed E-state index contributed by atoms with van der Waals surface area (Å²) in [4.78, 5) is 27.6. The molecular formula is C9H12NO6PPt. The van der Waals surface area contributed by atoms with E-state index < -0.39 is 19.8 Å². The molecule has 0 aromatic heterocycles. The number of phosphoric acid groups is 1. The van der Waals surface area contributed by atoms with Crippen molar-refractivity contribution in [2.75, 3.05) is 0 Å². The molecule has 0 unspecified atom stereocenters. The van der Waals surface area contributed by atoms with Crippen LogP contribution >= 0.6 is 7.82 Å². The van der Waals surface area contributed by atoms with Crippen LogP contribution in [0.5, 0.6) is 5.75 Å². The fraction of sp³-hybridized carbons (Fsp3) is 0.222. The number of carboxylic acid groups (broad SMARTS) is 1. The van der Waals surface area contributed by atoms with Crippen molar-refractivity contribution >= 4 is 13.8 Å². The zero-order valence-electron chi connectivity index (χ0n) is 9.00. The van der Waals surface area contributed by atoms with Crippen molar-refractivity contribution < 1.29 is 49.8 Å². The molecule has 5 N–H and O–H groups in total. The van der Waals surface area contributed by atoms with Gasteiger partial charge in [0, 0.05) is 21.1 Å². The zero-order chi connectivity index (χ0) is 13.1. The van der Waals surface area contributed by atoms with Crippen molar-refractivity contribution in [3.63, 3.8) is 0 Å². The van der Waals surface area contributed by atoms with E-state index in [2.05, 4.69) is 4.52 Å². The van der Waals surface area contributed by atoms with Crippen LogP contribution in [0, 0.1) is 0 Å². The molecule has 0 spiro atoms. The van der Waals surface area contributed by atoms with Crippen molar-refractivity contribution in [3.05, 3.63) is 29.8 Å². The van der Waals surface area contributed by atoms with E-state index in [1.54, 1.807) is 0 Å². The summed E-state index contributed by atoms with van der Waals surface area (Å²) in [5.74, 6) is -1.11. The number of hydrogen-bond donors (Lipinski definition) is 4. The van der Waals surface area contributed by atoms with E-state index >= 15 is 0 Å². The summed E-state index contributed by atoms with van der Waals surface area (Å²) in [6.07, 6.45) is 0.130. The molecule has 0 saturated carbocycles. The zero-order valence-corrected chi connectivity index (χ0v) is 12.2. The van der Waals surface area contributed by atoms with Gasteiger partial charge >= 0.3 is 13.8 Å². The van der Waals surface area contributed by atoms with Gasteiger partial charge in [0.05, 0.1) is 0 Å². The largest absolute Gasteiger partial charge is 0.524 e. The van der Waals surface area contributed by atoms with Gasteiger partial charge in [0.25, 0.3) is 0 Å². The molecule has 0 fully saturated rings. The first-order chi connectivity index (χ1) is 7.78. The van der Waals surface area contributed by atoms with Crippen LogP contribution in [0.1, 0.15) is 5.56 Å². The maximum absolute atomic E-state index is 10.5. The fourth-order valence-corrected chi connectivity index (χ4v) is 1.56. The van der Waals surface area contributed by atoms with Gasteiger partial charge < -0.3 is 15.4 Å². The van der Waals surface area contributed by atoms with Gasteiger partial charge in [-0.05, 0) is 24.1 Å². The van der Waals surface area contributed by atoms with Crippen LogP contribution in [0.3, 0.4) is 0 Å². The van der Waals surface area contributed by atoms with E-state index in [-0.39, 0.29) is 33.2 Å². The first-order valence-corrected chi connectivity index (χ1v) is 6.13. The Labute approximate surface area is 117 Å². The second-order valence-corrected chi connectivity index (χ2v) is 4.54. The number of rotatable bonds is 5. The monoisotopic (exact) mass is 456 g/mol. The van der Waals surface area contributed by atoms with E-state index in [4.69, 9.17) is 20.6 Å². The fourth-order valence-electron chi connectivity index (χ4n) is 1.16. The Balaban J connectivity index is 0.00000289. The molecule has 104 valence electrons. The Morgan fingerprint density at radius 3 is 2.22 bits per heavy atom. The van der Waals surface area contributed by atoms with Crippen LogP contribution in [0.15, 0.2) is 24.3 Å². The predicted octanol–water partition coefficient (Wildman–Crippen LogP) is 0.110. The second-order valence-electron chi connectivity index (χ2n) is 3.37. The third kappa shape index (κ3) is 6.28. The molecule has 1 aromatic carbocycles. The average Bonchev–Trinajstić information content (AvgIpc) is 2.18. The van der Waals surface area contributed by atoms with Crippen LogP contribution in [0.4, 0.5) is 0 Å². The molecule has 0 saturated heterocycles. The van der Waals surface area contributed by atoms with Crippen molar-refractivity contribution in [2.45, 2.75) is 12.5 Å². The number of aliphatic carboxylic acids is 1. The summed E-state index contributed by atoms with van der Waals surface area (Å²) in [7, 11) is -4.56. The Hall–Kier alpha value is -0.712. The molecule has 18 heavy (non-hydrogen) atoms. The Morgan fingerprint density at radius 1 is 1.33 bits per heavy atom. The summed E-state index contributed by atoms with van der Waals surface area (Å²) in [5, 5.41) is 8.60. The minimum atomic E-state index is -4.56. The molecular weight excluding hydrogens is 444 g/mol. The third-order valence-electron chi connectivity index (χ3n) is 1.92. The normalized spacial score (nSPS) is 12.4. The van der Waals surface area contributed by atoms with Gasteiger partial charge in [-0.2, -0.15) is 0 Å². The molecule has 0 amide bonds. The predicted molar refractivity (Wildman–Crippen MR) is 58.4 cm³/mol. The summed E-state index contributed by atoms with van der Waals surface area (Å²) in [6.45, 7) is 0. The van der Waals surface area contributed by atoms with Crippen LogP contribution in [-0.2, 0) is 36.8 Å². The van der Waals surface area contributed by atoms with Crippen molar-refractivity contribution in [1.29, 1.82) is 0 Å². The summed E-state index contributed by atoms with van der Waals surface area (Å²) in [5.41, 5.74) is 5.97. The van der Waals surface area contributed by atoms with Gasteiger partial charge in [-0.3, -0.25) is 14.6 Å². The summed E-state index contributed by atoms with van der Waals surface area (Å²) >= 11 is 0. The first-order valence-electron chi connectivity index (χ1n) is 4.60. The van der Waals surface area contributed by atoms with Crippen LogP contribution < -0.4 is 10.3 Å². The quantitative estimate of drug-likeness (QED) is 0.463. The SMILES string of the molecule is N[C@@H](Cc1ccc(OP(=O)(O)O)cc1)C(=O)O.[Pt]. The van der Waals surface area contributed by atoms with E-state index in [0.717, 1.165) is 0 Å². The van der Waals surface area contributed by atoms with Crippen LogP contribution in [0.2, 0.25) is 0 Å². The average molecular weight is 456 g/mol. The molecule has 1 atom stereocenters. The summed E-state index contributed by atoms with van der Waals surface area (Å²) in [6, 6.07) is 4.65. The van der Waals surface area contributed by atoms with Gasteiger partial charge in [0.2, 0.25) is 0 Å². The number of benzene rings is 1. The van der Waals surface area contributed by atoms with E-state index in [0.29, 0.717) is 5.56 Å². The number of hydrogen-bond acceptors (Lipinski definition) is 4.